The molecule has 2 heterocycles. The first-order chi connectivity index (χ1) is 15.2. The molecule has 1 aliphatic carbocycles. The minimum absolute atomic E-state index is 0.111. The summed E-state index contributed by atoms with van der Waals surface area (Å²) >= 11 is 0. The number of nitrogens with zero attached hydrogens (tertiary/aromatic N) is 4. The Bertz CT molecular complexity index is 1420. The van der Waals surface area contributed by atoms with Crippen LogP contribution in [0.25, 0.3) is 33.3 Å². The van der Waals surface area contributed by atoms with Crippen LogP contribution in [0.3, 0.4) is 0 Å². The fourth-order valence-corrected chi connectivity index (χ4v) is 3.93. The van der Waals surface area contributed by atoms with Crippen LogP contribution in [-0.2, 0) is 0 Å². The number of hydrogen-bond acceptors (Lipinski definition) is 6. The van der Waals surface area contributed by atoms with Crippen LogP contribution < -0.4 is 10.3 Å². The van der Waals surface area contributed by atoms with Crippen LogP contribution in [0.15, 0.2) is 76.4 Å². The van der Waals surface area contributed by atoms with E-state index in [-0.39, 0.29) is 5.75 Å². The second-order valence-corrected chi connectivity index (χ2v) is 7.30. The van der Waals surface area contributed by atoms with E-state index in [9.17, 15) is 5.11 Å². The summed E-state index contributed by atoms with van der Waals surface area (Å²) in [5.41, 5.74) is 3.41. The van der Waals surface area contributed by atoms with E-state index in [0.29, 0.717) is 22.6 Å². The Morgan fingerprint density at radius 3 is 2.45 bits per heavy atom. The molecule has 0 saturated carbocycles. The molecular formula is C25H22N4O2. The largest absolute Gasteiger partial charge is 0.505 e. The molecular weight excluding hydrogens is 388 g/mol. The van der Waals surface area contributed by atoms with Gasteiger partial charge in [-0.05, 0) is 26.0 Å². The summed E-state index contributed by atoms with van der Waals surface area (Å²) in [6.45, 7) is 5.84. The maximum atomic E-state index is 10.7. The molecule has 0 amide bonds. The van der Waals surface area contributed by atoms with Crippen molar-refractivity contribution in [1.29, 1.82) is 0 Å². The van der Waals surface area contributed by atoms with E-state index < -0.39 is 0 Å². The van der Waals surface area contributed by atoms with Crippen LogP contribution >= 0.6 is 0 Å². The molecule has 0 saturated heterocycles. The summed E-state index contributed by atoms with van der Waals surface area (Å²) in [6.07, 6.45) is 3.44. The lowest BCUT2D eigenvalue weighted by atomic mass is 10.0. The average Bonchev–Trinajstić information content (AvgIpc) is 2.80. The third-order valence-corrected chi connectivity index (χ3v) is 5.48. The standard InChI is InChI=1S/C25H22N4O2/c1-3-29(4-2)17-13-21(30)25-22(14-17)31-23-15-20(27-16-9-11-26-12-10-16)18-7-5-6-8-19(18)24(23)28-25/h5-15,30H,3-4H2,1-2H3/b27-20-. The molecule has 2 aromatic carbocycles. The van der Waals surface area contributed by atoms with Gasteiger partial charge in [-0.3, -0.25) is 4.98 Å². The van der Waals surface area contributed by atoms with Gasteiger partial charge in [0.05, 0.1) is 11.0 Å². The lowest BCUT2D eigenvalue weighted by molar-refractivity contribution is 0.478. The van der Waals surface area contributed by atoms with Gasteiger partial charge in [0.1, 0.15) is 17.0 Å². The van der Waals surface area contributed by atoms with Gasteiger partial charge in [-0.1, -0.05) is 24.3 Å². The number of pyridine rings is 1. The highest BCUT2D eigenvalue weighted by Crippen LogP contribution is 2.36. The zero-order chi connectivity index (χ0) is 21.4. The van der Waals surface area contributed by atoms with Gasteiger partial charge in [-0.25, -0.2) is 9.98 Å². The van der Waals surface area contributed by atoms with Gasteiger partial charge in [0.2, 0.25) is 0 Å². The first-order valence-corrected chi connectivity index (χ1v) is 10.4. The molecule has 1 N–H and O–H groups in total. The Morgan fingerprint density at radius 1 is 0.968 bits per heavy atom. The summed E-state index contributed by atoms with van der Waals surface area (Å²) < 4.78 is 6.27. The number of phenols is 1. The zero-order valence-electron chi connectivity index (χ0n) is 17.4. The molecule has 1 aromatic heterocycles. The number of aromatic hydroxyl groups is 1. The molecule has 31 heavy (non-hydrogen) atoms. The number of hydrogen-bond donors (Lipinski definition) is 1. The van der Waals surface area contributed by atoms with E-state index in [1.807, 2.05) is 48.5 Å². The van der Waals surface area contributed by atoms with E-state index >= 15 is 0 Å². The lowest BCUT2D eigenvalue weighted by Gasteiger charge is -2.21. The number of phenolic OH excluding ortho intramolecular Hbond substituents is 1. The number of fused-ring (bicyclic) bond motifs is 4. The number of rotatable bonds is 4. The second kappa shape index (κ2) is 7.72. The molecule has 5 rings (SSSR count). The molecule has 2 aliphatic rings. The quantitative estimate of drug-likeness (QED) is 0.323. The summed E-state index contributed by atoms with van der Waals surface area (Å²) in [4.78, 5) is 15.8. The van der Waals surface area contributed by atoms with Crippen LogP contribution in [0, 0.1) is 0 Å². The van der Waals surface area contributed by atoms with Crippen LogP contribution in [0.1, 0.15) is 13.8 Å². The average molecular weight is 410 g/mol. The minimum Gasteiger partial charge on any atom is -0.505 e. The fraction of sp³-hybridized carbons (Fsp3) is 0.160. The maximum Gasteiger partial charge on any atom is 0.159 e. The van der Waals surface area contributed by atoms with Crippen molar-refractivity contribution in [2.24, 2.45) is 4.99 Å². The van der Waals surface area contributed by atoms with Crippen LogP contribution in [0.4, 0.5) is 11.4 Å². The predicted octanol–water partition coefficient (Wildman–Crippen LogP) is 5.27. The Hall–Kier alpha value is -3.93. The van der Waals surface area contributed by atoms with E-state index in [0.717, 1.165) is 40.6 Å². The molecule has 0 bridgehead atoms. The van der Waals surface area contributed by atoms with E-state index in [1.165, 1.54) is 0 Å². The highest BCUT2D eigenvalue weighted by atomic mass is 16.3. The predicted molar refractivity (Wildman–Crippen MR) is 123 cm³/mol. The molecule has 0 fully saturated rings. The SMILES string of the molecule is CCN(CC)c1cc(O)c2nc3c4ccccc4/c(=N\c4ccncc4)cc-3oc2c1. The molecule has 0 radical (unpaired) electrons. The highest BCUT2D eigenvalue weighted by Gasteiger charge is 2.18. The minimum atomic E-state index is 0.111. The highest BCUT2D eigenvalue weighted by molar-refractivity contribution is 5.97. The first-order valence-electron chi connectivity index (χ1n) is 10.4. The van der Waals surface area contributed by atoms with Crippen LogP contribution in [-0.4, -0.2) is 28.2 Å². The number of aromatic nitrogens is 2. The van der Waals surface area contributed by atoms with Gasteiger partial charge in [-0.2, -0.15) is 0 Å². The van der Waals surface area contributed by atoms with Crippen molar-refractivity contribution in [3.05, 3.63) is 72.3 Å². The second-order valence-electron chi connectivity index (χ2n) is 7.30. The van der Waals surface area contributed by atoms with Crippen molar-refractivity contribution < 1.29 is 9.52 Å². The van der Waals surface area contributed by atoms with E-state index in [1.54, 1.807) is 18.5 Å². The lowest BCUT2D eigenvalue weighted by Crippen LogP contribution is -2.21. The van der Waals surface area contributed by atoms with Crippen molar-refractivity contribution in [1.82, 2.24) is 9.97 Å². The Labute approximate surface area is 179 Å². The Kier molecular flexibility index (Phi) is 4.75. The molecule has 6 heteroatoms. The summed E-state index contributed by atoms with van der Waals surface area (Å²) in [7, 11) is 0. The van der Waals surface area contributed by atoms with E-state index in [2.05, 4.69) is 23.7 Å². The monoisotopic (exact) mass is 410 g/mol. The van der Waals surface area contributed by atoms with Gasteiger partial charge >= 0.3 is 0 Å². The maximum absolute atomic E-state index is 10.7. The number of anilines is 1. The van der Waals surface area contributed by atoms with Crippen LogP contribution in [0.2, 0.25) is 0 Å². The van der Waals surface area contributed by atoms with Gasteiger partial charge in [0.25, 0.3) is 0 Å². The molecule has 6 nitrogen and oxygen atoms in total. The van der Waals surface area contributed by atoms with Crippen molar-refractivity contribution >= 4 is 33.2 Å². The van der Waals surface area contributed by atoms with Crippen molar-refractivity contribution in [2.75, 3.05) is 18.0 Å². The third kappa shape index (κ3) is 3.36. The normalized spacial score (nSPS) is 12.1. The molecule has 0 unspecified atom stereocenters. The fourth-order valence-electron chi connectivity index (χ4n) is 3.93. The van der Waals surface area contributed by atoms with Crippen molar-refractivity contribution in [2.45, 2.75) is 13.8 Å². The molecule has 0 atom stereocenters. The summed E-state index contributed by atoms with van der Waals surface area (Å²) in [5.74, 6) is 0.731. The molecule has 1 aliphatic heterocycles. The van der Waals surface area contributed by atoms with Crippen molar-refractivity contribution in [3.8, 4) is 17.2 Å². The Morgan fingerprint density at radius 2 is 1.71 bits per heavy atom. The Balaban J connectivity index is 1.83. The third-order valence-electron chi connectivity index (χ3n) is 5.48. The van der Waals surface area contributed by atoms with Gasteiger partial charge in [0, 0.05) is 60.1 Å². The summed E-state index contributed by atoms with van der Waals surface area (Å²) in [5, 5.41) is 13.4. The molecule has 0 spiro atoms. The molecule has 154 valence electrons. The smallest absolute Gasteiger partial charge is 0.159 e. The van der Waals surface area contributed by atoms with Gasteiger partial charge in [-0.15, -0.1) is 0 Å². The number of benzene rings is 3. The first kappa shape index (κ1) is 19.1. The van der Waals surface area contributed by atoms with Crippen molar-refractivity contribution in [3.63, 3.8) is 0 Å². The van der Waals surface area contributed by atoms with Gasteiger partial charge < -0.3 is 14.4 Å². The molecule has 3 aromatic rings. The van der Waals surface area contributed by atoms with Gasteiger partial charge in [0.15, 0.2) is 11.3 Å². The van der Waals surface area contributed by atoms with Crippen LogP contribution in [0.5, 0.6) is 5.75 Å². The topological polar surface area (TPSA) is 74.8 Å². The van der Waals surface area contributed by atoms with E-state index in [4.69, 9.17) is 14.4 Å². The zero-order valence-corrected chi connectivity index (χ0v) is 17.4. The summed E-state index contributed by atoms with van der Waals surface area (Å²) in [6, 6.07) is 17.3.